The van der Waals surface area contributed by atoms with Crippen molar-refractivity contribution in [2.75, 3.05) is 7.11 Å². The van der Waals surface area contributed by atoms with Crippen LogP contribution in [0.2, 0.25) is 0 Å². The molecule has 0 aliphatic heterocycles. The summed E-state index contributed by atoms with van der Waals surface area (Å²) in [5.74, 6) is 0. The van der Waals surface area contributed by atoms with Crippen LogP contribution < -0.4 is 0 Å². The van der Waals surface area contributed by atoms with Crippen LogP contribution in [0.15, 0.2) is 68.1 Å². The topological polar surface area (TPSA) is 43.4 Å². The van der Waals surface area contributed by atoms with Gasteiger partial charge in [0.05, 0.1) is 12.0 Å². The smallest absolute Gasteiger partial charge is 0.270 e. The number of hydrogen-bond acceptors (Lipinski definition) is 5. The van der Waals surface area contributed by atoms with Crippen molar-refractivity contribution in [2.45, 2.75) is 19.6 Å². The van der Waals surface area contributed by atoms with Gasteiger partial charge in [0.15, 0.2) is 0 Å². The van der Waals surface area contributed by atoms with Gasteiger partial charge in [-0.3, -0.25) is 4.18 Å². The van der Waals surface area contributed by atoms with Crippen molar-refractivity contribution >= 4 is 64.1 Å². The first kappa shape index (κ1) is 18.1. The molecule has 2 aromatic carbocycles. The Bertz CT molecular complexity index is 673. The van der Waals surface area contributed by atoms with E-state index in [1.54, 1.807) is 12.1 Å². The van der Waals surface area contributed by atoms with Gasteiger partial charge in [0.1, 0.15) is 0 Å². The Morgan fingerprint density at radius 1 is 1.10 bits per heavy atom. The Labute approximate surface area is 150 Å². The monoisotopic (exact) mass is 335 g/mol. The maximum absolute atomic E-state index is 11.7. The summed E-state index contributed by atoms with van der Waals surface area (Å²) in [7, 11) is -2.53. The Hall–Kier alpha value is 0.0500. The third-order valence-electron chi connectivity index (χ3n) is 2.41. The van der Waals surface area contributed by atoms with Crippen molar-refractivity contribution in [3.63, 3.8) is 0 Å². The summed E-state index contributed by atoms with van der Waals surface area (Å²) in [6.45, 7) is 0. The minimum Gasteiger partial charge on any atom is -0.270 e. The summed E-state index contributed by atoms with van der Waals surface area (Å²) in [6.07, 6.45) is 0. The van der Waals surface area contributed by atoms with Gasteiger partial charge in [-0.25, -0.2) is 0 Å². The summed E-state index contributed by atoms with van der Waals surface area (Å²) in [6, 6.07) is 14.4. The molecule has 0 saturated heterocycles. The van der Waals surface area contributed by atoms with E-state index in [0.717, 1.165) is 21.8 Å². The third kappa shape index (κ3) is 4.53. The van der Waals surface area contributed by atoms with Gasteiger partial charge >= 0.3 is 0 Å². The molecule has 2 rings (SSSR count). The largest absolute Gasteiger partial charge is 0.296 e. The van der Waals surface area contributed by atoms with Crippen LogP contribution in [0.25, 0.3) is 0 Å². The molecule has 3 nitrogen and oxygen atoms in total. The van der Waals surface area contributed by atoms with Crippen molar-refractivity contribution in [1.29, 1.82) is 0 Å². The molecule has 0 aliphatic rings. The molecule has 0 aromatic heterocycles. The second kappa shape index (κ2) is 7.89. The fourth-order valence-electron chi connectivity index (χ4n) is 1.44. The average molecular weight is 335 g/mol. The Balaban J connectivity index is 0.00000200. The number of thiol groups is 1. The first-order chi connectivity index (χ1) is 9.03. The van der Waals surface area contributed by atoms with E-state index >= 15 is 0 Å². The van der Waals surface area contributed by atoms with Crippen molar-refractivity contribution in [3.8, 4) is 0 Å². The molecule has 0 amide bonds. The maximum Gasteiger partial charge on any atom is 0.296 e. The van der Waals surface area contributed by atoms with E-state index in [9.17, 15) is 8.42 Å². The van der Waals surface area contributed by atoms with Gasteiger partial charge in [-0.2, -0.15) is 8.42 Å². The summed E-state index contributed by atoms with van der Waals surface area (Å²) in [5, 5.41) is 0. The quantitative estimate of drug-likeness (QED) is 0.530. The zero-order valence-corrected chi connectivity index (χ0v) is 15.6. The van der Waals surface area contributed by atoms with Crippen LogP contribution in [0, 0.1) is 0 Å². The predicted octanol–water partition coefficient (Wildman–Crippen LogP) is 3.08. The molecule has 0 bridgehead atoms. The molecule has 20 heavy (non-hydrogen) atoms. The first-order valence-corrected chi connectivity index (χ1v) is 8.06. The second-order valence-electron chi connectivity index (χ2n) is 3.67. The van der Waals surface area contributed by atoms with E-state index in [1.807, 2.05) is 30.3 Å². The Kier molecular flexibility index (Phi) is 7.14. The summed E-state index contributed by atoms with van der Waals surface area (Å²) < 4.78 is 27.8. The van der Waals surface area contributed by atoms with Gasteiger partial charge in [-0.05, 0) is 30.3 Å². The molecule has 2 aromatic rings. The molecule has 0 unspecified atom stereocenters. The van der Waals surface area contributed by atoms with E-state index in [2.05, 4.69) is 16.8 Å². The first-order valence-electron chi connectivity index (χ1n) is 5.39. The van der Waals surface area contributed by atoms with Crippen LogP contribution in [-0.2, 0) is 14.3 Å². The van der Waals surface area contributed by atoms with E-state index in [0.29, 0.717) is 0 Å². The molecule has 101 valence electrons. The Morgan fingerprint density at radius 3 is 2.35 bits per heavy atom. The van der Waals surface area contributed by atoms with Crippen LogP contribution in [0.4, 0.5) is 0 Å². The fraction of sp³-hybridized carbons (Fsp3) is 0.0769. The van der Waals surface area contributed by atoms with E-state index < -0.39 is 10.1 Å². The van der Waals surface area contributed by atoms with Crippen LogP contribution in [0.3, 0.4) is 0 Å². The van der Waals surface area contributed by atoms with Crippen molar-refractivity contribution in [3.05, 3.63) is 48.5 Å². The molecular weight excluding hydrogens is 323 g/mol. The van der Waals surface area contributed by atoms with Gasteiger partial charge in [-0.15, -0.1) is 12.6 Å². The zero-order chi connectivity index (χ0) is 13.9. The van der Waals surface area contributed by atoms with E-state index in [4.69, 9.17) is 0 Å². The van der Waals surface area contributed by atoms with Crippen molar-refractivity contribution in [2.24, 2.45) is 0 Å². The second-order valence-corrected chi connectivity index (χ2v) is 6.98. The van der Waals surface area contributed by atoms with Crippen molar-refractivity contribution in [1.82, 2.24) is 0 Å². The molecule has 0 fully saturated rings. The van der Waals surface area contributed by atoms with E-state index in [1.165, 1.54) is 17.8 Å². The van der Waals surface area contributed by atoms with Gasteiger partial charge < -0.3 is 0 Å². The van der Waals surface area contributed by atoms with Crippen LogP contribution in [0.1, 0.15) is 0 Å². The van der Waals surface area contributed by atoms with Gasteiger partial charge in [-0.1, -0.05) is 30.0 Å². The number of rotatable bonds is 4. The molecular formula is C13H12NaO3S3. The van der Waals surface area contributed by atoms with E-state index in [-0.39, 0.29) is 34.5 Å². The standard InChI is InChI=1S/C13H12O3S3.Na/c1-16-19(14,15)11-7-8-12(17)13(9-11)18-10-5-3-2-4-6-10;/h2-9,17H,1H3;. The molecule has 7 heteroatoms. The minimum atomic E-state index is -3.68. The predicted molar refractivity (Wildman–Crippen MR) is 84.2 cm³/mol. The van der Waals surface area contributed by atoms with Crippen molar-refractivity contribution < 1.29 is 12.6 Å². The van der Waals surface area contributed by atoms with Crippen LogP contribution in [0.5, 0.6) is 0 Å². The molecule has 1 radical (unpaired) electrons. The SMILES string of the molecule is COS(=O)(=O)c1ccc(S)c(Sc2ccccc2)c1.[Na]. The zero-order valence-electron chi connectivity index (χ0n) is 11.1. The summed E-state index contributed by atoms with van der Waals surface area (Å²) >= 11 is 5.80. The molecule has 0 heterocycles. The van der Waals surface area contributed by atoms with Crippen LogP contribution >= 0.6 is 24.4 Å². The summed E-state index contributed by atoms with van der Waals surface area (Å²) in [4.78, 5) is 2.65. The third-order valence-corrected chi connectivity index (χ3v) is 5.29. The van der Waals surface area contributed by atoms with Gasteiger partial charge in [0.25, 0.3) is 10.1 Å². The van der Waals surface area contributed by atoms with Gasteiger partial charge in [0.2, 0.25) is 0 Å². The number of benzene rings is 2. The maximum atomic E-state index is 11.7. The molecule has 0 saturated carbocycles. The summed E-state index contributed by atoms with van der Waals surface area (Å²) in [5.41, 5.74) is 0. The fourth-order valence-corrected chi connectivity index (χ4v) is 3.39. The molecule has 0 N–H and O–H groups in total. The Morgan fingerprint density at radius 2 is 1.75 bits per heavy atom. The van der Waals surface area contributed by atoms with Gasteiger partial charge in [0, 0.05) is 44.2 Å². The van der Waals surface area contributed by atoms with Crippen LogP contribution in [-0.4, -0.2) is 45.1 Å². The molecule has 0 aliphatic carbocycles. The molecule has 0 atom stereocenters. The number of hydrogen-bond donors (Lipinski definition) is 1. The normalized spacial score (nSPS) is 10.9. The average Bonchev–Trinajstić information content (AvgIpc) is 2.42. The minimum absolute atomic E-state index is 0. The molecule has 0 spiro atoms.